The maximum atomic E-state index is 14.6. The topological polar surface area (TPSA) is 88.7 Å². The predicted octanol–water partition coefficient (Wildman–Crippen LogP) is 5.41. The van der Waals surface area contributed by atoms with E-state index in [1.165, 1.54) is 23.5 Å². The van der Waals surface area contributed by atoms with Crippen molar-refractivity contribution in [2.75, 3.05) is 19.7 Å². The average molecular weight is 518 g/mol. The first-order valence-corrected chi connectivity index (χ1v) is 13.0. The van der Waals surface area contributed by atoms with Crippen LogP contribution in [0.3, 0.4) is 0 Å². The third-order valence-corrected chi connectivity index (χ3v) is 8.01. The molecule has 0 bridgehead atoms. The summed E-state index contributed by atoms with van der Waals surface area (Å²) in [7, 11) is 0. The van der Waals surface area contributed by atoms with Crippen LogP contribution in [-0.4, -0.2) is 51.4 Å². The van der Waals surface area contributed by atoms with Crippen LogP contribution in [0.4, 0.5) is 10.1 Å². The number of thiophene rings is 1. The zero-order valence-electron chi connectivity index (χ0n) is 20.7. The number of aliphatic hydroxyl groups is 1. The molecule has 0 spiro atoms. The SMILES string of the molecule is [C-]#[N+]c1ccc(-c2cc(C(=O)N3CCC[C@@H](N)C3)sc2-c2ccc3nn(C(C)(C)CO)cc3c2)cc1F. The summed E-state index contributed by atoms with van der Waals surface area (Å²) in [5, 5.41) is 15.3. The van der Waals surface area contributed by atoms with Gasteiger partial charge in [0.15, 0.2) is 0 Å². The fraction of sp³-hybridized carbons (Fsp3) is 0.321. The molecule has 0 unspecified atom stereocenters. The second-order valence-corrected chi connectivity index (χ2v) is 11.2. The van der Waals surface area contributed by atoms with Crippen LogP contribution in [0.2, 0.25) is 0 Å². The van der Waals surface area contributed by atoms with E-state index < -0.39 is 11.4 Å². The molecule has 4 aromatic rings. The van der Waals surface area contributed by atoms with Gasteiger partial charge in [-0.2, -0.15) is 5.10 Å². The Bertz CT molecular complexity index is 1530. The van der Waals surface area contributed by atoms with Crippen LogP contribution < -0.4 is 5.73 Å². The zero-order chi connectivity index (χ0) is 26.3. The Morgan fingerprint density at radius 3 is 2.76 bits per heavy atom. The number of carbonyl (C=O) groups is 1. The number of nitrogens with zero attached hydrogens (tertiary/aromatic N) is 4. The summed E-state index contributed by atoms with van der Waals surface area (Å²) in [6, 6.07) is 12.2. The van der Waals surface area contributed by atoms with Crippen LogP contribution in [0, 0.1) is 12.4 Å². The van der Waals surface area contributed by atoms with Gasteiger partial charge in [0.05, 0.1) is 29.1 Å². The van der Waals surface area contributed by atoms with Gasteiger partial charge in [-0.25, -0.2) is 9.24 Å². The van der Waals surface area contributed by atoms with E-state index in [0.717, 1.165) is 39.7 Å². The highest BCUT2D eigenvalue weighted by Crippen LogP contribution is 2.42. The van der Waals surface area contributed by atoms with Gasteiger partial charge in [-0.3, -0.25) is 9.48 Å². The van der Waals surface area contributed by atoms with Gasteiger partial charge in [0.25, 0.3) is 5.91 Å². The first-order chi connectivity index (χ1) is 17.7. The summed E-state index contributed by atoms with van der Waals surface area (Å²) in [6.45, 7) is 12.1. The number of aliphatic hydroxyl groups excluding tert-OH is 1. The van der Waals surface area contributed by atoms with E-state index in [9.17, 15) is 14.3 Å². The quantitative estimate of drug-likeness (QED) is 0.347. The van der Waals surface area contributed by atoms with E-state index in [4.69, 9.17) is 12.3 Å². The van der Waals surface area contributed by atoms with E-state index in [1.807, 2.05) is 44.3 Å². The Hall–Kier alpha value is -3.58. The smallest absolute Gasteiger partial charge is 0.264 e. The van der Waals surface area contributed by atoms with Crippen LogP contribution >= 0.6 is 11.3 Å². The Labute approximate surface area is 218 Å². The number of fused-ring (bicyclic) bond motifs is 1. The molecule has 37 heavy (non-hydrogen) atoms. The molecule has 1 amide bonds. The Morgan fingerprint density at radius 2 is 2.05 bits per heavy atom. The first-order valence-electron chi connectivity index (χ1n) is 12.2. The summed E-state index contributed by atoms with van der Waals surface area (Å²) in [6.07, 6.45) is 3.66. The average Bonchev–Trinajstić information content (AvgIpc) is 3.53. The lowest BCUT2D eigenvalue weighted by atomic mass is 10.0. The van der Waals surface area contributed by atoms with Crippen LogP contribution in [0.5, 0.6) is 0 Å². The highest BCUT2D eigenvalue weighted by molar-refractivity contribution is 7.18. The predicted molar refractivity (Wildman–Crippen MR) is 144 cm³/mol. The molecular weight excluding hydrogens is 489 g/mol. The molecule has 7 nitrogen and oxygen atoms in total. The number of benzene rings is 2. The van der Waals surface area contributed by atoms with E-state index >= 15 is 0 Å². The van der Waals surface area contributed by atoms with Crippen molar-refractivity contribution in [1.29, 1.82) is 0 Å². The molecule has 0 aliphatic carbocycles. The largest absolute Gasteiger partial charge is 0.394 e. The van der Waals surface area contributed by atoms with Crippen LogP contribution in [0.15, 0.2) is 48.7 Å². The molecule has 1 saturated heterocycles. The second-order valence-electron chi connectivity index (χ2n) is 10.1. The van der Waals surface area contributed by atoms with E-state index in [2.05, 4.69) is 9.94 Å². The minimum absolute atomic E-state index is 0.0334. The fourth-order valence-corrected chi connectivity index (χ4v) is 5.73. The van der Waals surface area contributed by atoms with Gasteiger partial charge in [-0.05, 0) is 62.1 Å². The fourth-order valence-electron chi connectivity index (χ4n) is 4.59. The molecule has 1 aliphatic rings. The summed E-state index contributed by atoms with van der Waals surface area (Å²) >= 11 is 1.37. The molecule has 9 heteroatoms. The summed E-state index contributed by atoms with van der Waals surface area (Å²) in [5.41, 5.74) is 8.51. The number of piperidine rings is 1. The summed E-state index contributed by atoms with van der Waals surface area (Å²) < 4.78 is 16.3. The van der Waals surface area contributed by atoms with E-state index in [0.29, 0.717) is 23.5 Å². The standard InChI is InChI=1S/C28H28FN5O2S/c1-28(2,16-35)34-14-19-11-18(7-8-23(19)32-34)26-21(17-6-9-24(31-3)22(29)12-17)13-25(37-26)27(36)33-10-4-5-20(30)15-33/h6-9,11-14,20,35H,4-5,10,15-16,30H2,1-2H3/t20-/m1/s1. The van der Waals surface area contributed by atoms with Crippen molar-refractivity contribution in [2.45, 2.75) is 38.3 Å². The number of rotatable bonds is 5. The number of amides is 1. The van der Waals surface area contributed by atoms with Crippen LogP contribution in [0.25, 0.3) is 37.3 Å². The van der Waals surface area contributed by atoms with Gasteiger partial charge in [0.1, 0.15) is 5.82 Å². The third-order valence-electron chi connectivity index (χ3n) is 6.84. The van der Waals surface area contributed by atoms with Crippen LogP contribution in [0.1, 0.15) is 36.4 Å². The molecule has 0 radical (unpaired) electrons. The minimum atomic E-state index is -0.595. The van der Waals surface area contributed by atoms with Gasteiger partial charge < -0.3 is 15.7 Å². The summed E-state index contributed by atoms with van der Waals surface area (Å²) in [5.74, 6) is -0.674. The highest BCUT2D eigenvalue weighted by atomic mass is 32.1. The van der Waals surface area contributed by atoms with Crippen molar-refractivity contribution in [2.24, 2.45) is 5.73 Å². The zero-order valence-corrected chi connectivity index (χ0v) is 21.6. The van der Waals surface area contributed by atoms with Gasteiger partial charge in [0, 0.05) is 41.2 Å². The third kappa shape index (κ3) is 4.76. The lowest BCUT2D eigenvalue weighted by molar-refractivity contribution is 0.0714. The number of hydrogen-bond acceptors (Lipinski definition) is 5. The van der Waals surface area contributed by atoms with Gasteiger partial charge in [-0.15, -0.1) is 11.3 Å². The Kier molecular flexibility index (Phi) is 6.58. The van der Waals surface area contributed by atoms with E-state index in [1.54, 1.807) is 15.6 Å². The molecule has 3 heterocycles. The van der Waals surface area contributed by atoms with Gasteiger partial charge >= 0.3 is 0 Å². The number of likely N-dealkylation sites (tertiary alicyclic amines) is 1. The molecule has 2 aromatic carbocycles. The molecule has 190 valence electrons. The van der Waals surface area contributed by atoms with Crippen molar-refractivity contribution in [3.8, 4) is 21.6 Å². The monoisotopic (exact) mass is 517 g/mol. The molecule has 1 aliphatic heterocycles. The molecule has 2 aromatic heterocycles. The number of nitrogens with two attached hydrogens (primary N) is 1. The van der Waals surface area contributed by atoms with Crippen molar-refractivity contribution in [1.82, 2.24) is 14.7 Å². The Morgan fingerprint density at radius 1 is 1.27 bits per heavy atom. The van der Waals surface area contributed by atoms with Crippen molar-refractivity contribution >= 4 is 33.8 Å². The van der Waals surface area contributed by atoms with Gasteiger partial charge in [-0.1, -0.05) is 18.2 Å². The highest BCUT2D eigenvalue weighted by Gasteiger charge is 2.26. The lowest BCUT2D eigenvalue weighted by Crippen LogP contribution is -2.45. The van der Waals surface area contributed by atoms with Crippen LogP contribution in [-0.2, 0) is 5.54 Å². The normalized spacial score (nSPS) is 16.2. The van der Waals surface area contributed by atoms with Crippen molar-refractivity contribution in [3.63, 3.8) is 0 Å². The number of carbonyl (C=O) groups excluding carboxylic acids is 1. The number of aromatic nitrogens is 2. The number of hydrogen-bond donors (Lipinski definition) is 2. The minimum Gasteiger partial charge on any atom is -0.394 e. The van der Waals surface area contributed by atoms with Gasteiger partial charge in [0.2, 0.25) is 5.69 Å². The molecule has 3 N–H and O–H groups in total. The molecule has 1 fully saturated rings. The molecule has 5 rings (SSSR count). The van der Waals surface area contributed by atoms with Crippen molar-refractivity contribution < 1.29 is 14.3 Å². The molecule has 1 atom stereocenters. The maximum absolute atomic E-state index is 14.6. The number of halogens is 1. The first kappa shape index (κ1) is 25.1. The second kappa shape index (κ2) is 9.71. The summed E-state index contributed by atoms with van der Waals surface area (Å²) in [4.78, 5) is 19.8. The van der Waals surface area contributed by atoms with E-state index in [-0.39, 0.29) is 24.2 Å². The lowest BCUT2D eigenvalue weighted by Gasteiger charge is -2.30. The maximum Gasteiger partial charge on any atom is 0.264 e. The molecular formula is C28H28FN5O2S. The van der Waals surface area contributed by atoms with Crippen molar-refractivity contribution in [3.05, 3.63) is 70.8 Å². The molecule has 0 saturated carbocycles. The Balaban J connectivity index is 1.62.